The molecule has 9 heteroatoms. The van der Waals surface area contributed by atoms with Crippen molar-refractivity contribution in [3.8, 4) is 5.75 Å². The number of urea groups is 1. The molecular formula is C21H33N3O5S. The molecule has 2 saturated heterocycles. The third-order valence-corrected chi connectivity index (χ3v) is 7.74. The Morgan fingerprint density at radius 1 is 1.07 bits per heavy atom. The smallest absolute Gasteiger partial charge is 0.321 e. The molecular weight excluding hydrogens is 406 g/mol. The van der Waals surface area contributed by atoms with Gasteiger partial charge in [0, 0.05) is 37.7 Å². The van der Waals surface area contributed by atoms with E-state index < -0.39 is 14.8 Å². The number of ether oxygens (including phenoxy) is 2. The van der Waals surface area contributed by atoms with Crippen LogP contribution in [0.4, 0.5) is 10.5 Å². The van der Waals surface area contributed by atoms with Gasteiger partial charge in [0.1, 0.15) is 11.9 Å². The summed E-state index contributed by atoms with van der Waals surface area (Å²) in [7, 11) is -3.39. The Kier molecular flexibility index (Phi) is 7.26. The van der Waals surface area contributed by atoms with Crippen molar-refractivity contribution < 1.29 is 22.7 Å². The van der Waals surface area contributed by atoms with Gasteiger partial charge in [-0.25, -0.2) is 17.9 Å². The zero-order chi connectivity index (χ0) is 21.8. The molecule has 2 aliphatic heterocycles. The maximum Gasteiger partial charge on any atom is 0.321 e. The SMILES string of the molecule is CC(C)(C)S(=O)(=O)NC1CCN(C(=O)Nc2ccc(OC3CCOCC3)cc2)CC1. The van der Waals surface area contributed by atoms with Crippen LogP contribution in [0.25, 0.3) is 0 Å². The van der Waals surface area contributed by atoms with Crippen LogP contribution < -0.4 is 14.8 Å². The number of sulfonamides is 1. The van der Waals surface area contributed by atoms with Gasteiger partial charge in [-0.1, -0.05) is 0 Å². The number of carbonyl (C=O) groups excluding carboxylic acids is 1. The molecule has 2 heterocycles. The minimum absolute atomic E-state index is 0.139. The normalized spacial score (nSPS) is 19.5. The molecule has 3 rings (SSSR count). The van der Waals surface area contributed by atoms with Crippen LogP contribution in [0.2, 0.25) is 0 Å². The second-order valence-electron chi connectivity index (χ2n) is 8.88. The van der Waals surface area contributed by atoms with Crippen molar-refractivity contribution in [2.75, 3.05) is 31.6 Å². The summed E-state index contributed by atoms with van der Waals surface area (Å²) in [6.07, 6.45) is 3.15. The molecule has 0 bridgehead atoms. The summed E-state index contributed by atoms with van der Waals surface area (Å²) in [5.74, 6) is 0.784. The molecule has 2 N–H and O–H groups in total. The highest BCUT2D eigenvalue weighted by Gasteiger charge is 2.33. The van der Waals surface area contributed by atoms with Crippen molar-refractivity contribution >= 4 is 21.7 Å². The molecule has 0 aliphatic carbocycles. The maximum absolute atomic E-state index is 12.6. The van der Waals surface area contributed by atoms with Gasteiger partial charge in [0.2, 0.25) is 10.0 Å². The number of amides is 2. The largest absolute Gasteiger partial charge is 0.490 e. The highest BCUT2D eigenvalue weighted by Crippen LogP contribution is 2.22. The zero-order valence-electron chi connectivity index (χ0n) is 18.0. The first kappa shape index (κ1) is 22.8. The quantitative estimate of drug-likeness (QED) is 0.735. The molecule has 0 unspecified atom stereocenters. The number of benzene rings is 1. The molecule has 30 heavy (non-hydrogen) atoms. The predicted octanol–water partition coefficient (Wildman–Crippen LogP) is 2.96. The van der Waals surface area contributed by atoms with Crippen LogP contribution in [-0.4, -0.2) is 62.5 Å². The van der Waals surface area contributed by atoms with Crippen LogP contribution in [-0.2, 0) is 14.8 Å². The van der Waals surface area contributed by atoms with Gasteiger partial charge in [-0.2, -0.15) is 0 Å². The first-order chi connectivity index (χ1) is 14.1. The van der Waals surface area contributed by atoms with Crippen LogP contribution >= 0.6 is 0 Å². The van der Waals surface area contributed by atoms with Gasteiger partial charge >= 0.3 is 6.03 Å². The van der Waals surface area contributed by atoms with Gasteiger partial charge < -0.3 is 19.7 Å². The Morgan fingerprint density at radius 2 is 1.67 bits per heavy atom. The minimum atomic E-state index is -3.39. The lowest BCUT2D eigenvalue weighted by atomic mass is 10.1. The average molecular weight is 440 g/mol. The topological polar surface area (TPSA) is 97.0 Å². The number of hydrogen-bond donors (Lipinski definition) is 2. The molecule has 2 fully saturated rings. The first-order valence-corrected chi connectivity index (χ1v) is 12.0. The zero-order valence-corrected chi connectivity index (χ0v) is 18.8. The summed E-state index contributed by atoms with van der Waals surface area (Å²) in [6, 6.07) is 7.06. The van der Waals surface area contributed by atoms with E-state index in [9.17, 15) is 13.2 Å². The summed E-state index contributed by atoms with van der Waals surface area (Å²) in [5, 5.41) is 2.90. The van der Waals surface area contributed by atoms with E-state index in [-0.39, 0.29) is 18.2 Å². The van der Waals surface area contributed by atoms with Crippen LogP contribution in [0.1, 0.15) is 46.5 Å². The highest BCUT2D eigenvalue weighted by atomic mass is 32.2. The fourth-order valence-corrected chi connectivity index (χ4v) is 4.43. The van der Waals surface area contributed by atoms with Gasteiger partial charge in [-0.3, -0.25) is 0 Å². The van der Waals surface area contributed by atoms with Crippen molar-refractivity contribution in [3.63, 3.8) is 0 Å². The Labute approximate surface area is 179 Å². The third kappa shape index (κ3) is 6.09. The molecule has 8 nitrogen and oxygen atoms in total. The standard InChI is InChI=1S/C21H33N3O5S/c1-21(2,3)30(26,27)23-17-8-12-24(13-9-17)20(25)22-16-4-6-18(7-5-16)29-19-10-14-28-15-11-19/h4-7,17,19,23H,8-15H2,1-3H3,(H,22,25). The number of carbonyl (C=O) groups is 1. The molecule has 0 saturated carbocycles. The van der Waals surface area contributed by atoms with Crippen LogP contribution in [0.5, 0.6) is 5.75 Å². The van der Waals surface area contributed by atoms with E-state index >= 15 is 0 Å². The lowest BCUT2D eigenvalue weighted by Crippen LogP contribution is -2.50. The number of anilines is 1. The van der Waals surface area contributed by atoms with Crippen molar-refractivity contribution in [2.45, 2.75) is 63.3 Å². The van der Waals surface area contributed by atoms with Crippen molar-refractivity contribution in [2.24, 2.45) is 0 Å². The number of hydrogen-bond acceptors (Lipinski definition) is 5. The number of piperidine rings is 1. The van der Waals surface area contributed by atoms with Gasteiger partial charge in [-0.15, -0.1) is 0 Å². The summed E-state index contributed by atoms with van der Waals surface area (Å²) in [5.41, 5.74) is 0.704. The second-order valence-corrected chi connectivity index (χ2v) is 11.3. The maximum atomic E-state index is 12.6. The van der Waals surface area contributed by atoms with Gasteiger partial charge in [0.05, 0.1) is 18.0 Å². The van der Waals surface area contributed by atoms with E-state index in [1.165, 1.54) is 0 Å². The fourth-order valence-electron chi connectivity index (χ4n) is 3.40. The summed E-state index contributed by atoms with van der Waals surface area (Å²) < 4.78 is 37.8. The van der Waals surface area contributed by atoms with E-state index in [1.807, 2.05) is 24.3 Å². The number of likely N-dealkylation sites (tertiary alicyclic amines) is 1. The lowest BCUT2D eigenvalue weighted by Gasteiger charge is -2.33. The fraction of sp³-hybridized carbons (Fsp3) is 0.667. The first-order valence-electron chi connectivity index (χ1n) is 10.6. The average Bonchev–Trinajstić information content (AvgIpc) is 2.70. The molecule has 0 radical (unpaired) electrons. The Bertz CT molecular complexity index is 806. The van der Waals surface area contributed by atoms with Gasteiger partial charge in [0.25, 0.3) is 0 Å². The minimum Gasteiger partial charge on any atom is -0.490 e. The van der Waals surface area contributed by atoms with E-state index in [4.69, 9.17) is 9.47 Å². The van der Waals surface area contributed by atoms with Crippen LogP contribution in [0, 0.1) is 0 Å². The molecule has 1 aromatic rings. The van der Waals surface area contributed by atoms with Crippen molar-refractivity contribution in [3.05, 3.63) is 24.3 Å². The van der Waals surface area contributed by atoms with Crippen molar-refractivity contribution in [1.29, 1.82) is 0 Å². The molecule has 2 aliphatic rings. The van der Waals surface area contributed by atoms with Gasteiger partial charge in [0.15, 0.2) is 0 Å². The Morgan fingerprint density at radius 3 is 2.23 bits per heavy atom. The van der Waals surface area contributed by atoms with Gasteiger partial charge in [-0.05, 0) is 57.9 Å². The Balaban J connectivity index is 1.45. The molecule has 2 amide bonds. The van der Waals surface area contributed by atoms with Crippen LogP contribution in [0.3, 0.4) is 0 Å². The van der Waals surface area contributed by atoms with E-state index in [0.717, 1.165) is 31.8 Å². The molecule has 0 aromatic heterocycles. The molecule has 0 spiro atoms. The summed E-state index contributed by atoms with van der Waals surface area (Å²) in [4.78, 5) is 14.3. The lowest BCUT2D eigenvalue weighted by molar-refractivity contribution is 0.0256. The number of nitrogens with zero attached hydrogens (tertiary/aromatic N) is 1. The van der Waals surface area contributed by atoms with E-state index in [1.54, 1.807) is 25.7 Å². The van der Waals surface area contributed by atoms with E-state index in [0.29, 0.717) is 31.6 Å². The van der Waals surface area contributed by atoms with Crippen molar-refractivity contribution in [1.82, 2.24) is 9.62 Å². The van der Waals surface area contributed by atoms with Crippen LogP contribution in [0.15, 0.2) is 24.3 Å². The van der Waals surface area contributed by atoms with E-state index in [2.05, 4.69) is 10.0 Å². The third-order valence-electron chi connectivity index (χ3n) is 5.49. The molecule has 0 atom stereocenters. The predicted molar refractivity (Wildman–Crippen MR) is 116 cm³/mol. The molecule has 1 aromatic carbocycles. The summed E-state index contributed by atoms with van der Waals surface area (Å²) >= 11 is 0. The Hall–Kier alpha value is -1.84. The summed E-state index contributed by atoms with van der Waals surface area (Å²) in [6.45, 7) is 7.51. The second kappa shape index (κ2) is 9.53. The highest BCUT2D eigenvalue weighted by molar-refractivity contribution is 7.90. The number of rotatable bonds is 5. The number of nitrogens with one attached hydrogen (secondary N) is 2. The molecule has 168 valence electrons. The monoisotopic (exact) mass is 439 g/mol.